The predicted octanol–water partition coefficient (Wildman–Crippen LogP) is 5.28. The molecule has 0 spiro atoms. The van der Waals surface area contributed by atoms with Gasteiger partial charge in [0, 0.05) is 15.6 Å². The number of anilines is 2. The monoisotopic (exact) mass is 329 g/mol. The van der Waals surface area contributed by atoms with Crippen LogP contribution in [0.4, 0.5) is 11.5 Å². The fourth-order valence-electron chi connectivity index (χ4n) is 3.06. The number of nitrogens with zero attached hydrogens (tertiary/aromatic N) is 2. The molecule has 0 radical (unpaired) electrons. The first-order valence-electron chi connectivity index (χ1n) is 7.51. The molecule has 112 valence electrons. The highest BCUT2D eigenvalue weighted by molar-refractivity contribution is 7.19. The van der Waals surface area contributed by atoms with Gasteiger partial charge in [-0.15, -0.1) is 11.3 Å². The molecule has 0 bridgehead atoms. The summed E-state index contributed by atoms with van der Waals surface area (Å²) in [4.78, 5) is 11.5. The summed E-state index contributed by atoms with van der Waals surface area (Å²) in [7, 11) is 0. The summed E-state index contributed by atoms with van der Waals surface area (Å²) in [6.07, 6.45) is 6.48. The highest BCUT2D eigenvalue weighted by atomic mass is 35.5. The van der Waals surface area contributed by atoms with Gasteiger partial charge in [-0.1, -0.05) is 17.7 Å². The van der Waals surface area contributed by atoms with Crippen LogP contribution in [-0.4, -0.2) is 9.97 Å². The predicted molar refractivity (Wildman–Crippen MR) is 93.5 cm³/mol. The van der Waals surface area contributed by atoms with Crippen molar-refractivity contribution in [3.05, 3.63) is 45.6 Å². The molecular formula is C17H16ClN3S. The van der Waals surface area contributed by atoms with Crippen LogP contribution < -0.4 is 5.32 Å². The van der Waals surface area contributed by atoms with E-state index in [4.69, 9.17) is 11.6 Å². The van der Waals surface area contributed by atoms with Crippen molar-refractivity contribution in [2.24, 2.45) is 0 Å². The Labute approximate surface area is 138 Å². The molecule has 0 amide bonds. The zero-order chi connectivity index (χ0) is 15.1. The summed E-state index contributed by atoms with van der Waals surface area (Å²) >= 11 is 8.04. The van der Waals surface area contributed by atoms with E-state index >= 15 is 0 Å². The molecule has 5 heteroatoms. The molecule has 1 aromatic carbocycles. The van der Waals surface area contributed by atoms with Crippen molar-refractivity contribution in [3.8, 4) is 0 Å². The van der Waals surface area contributed by atoms with E-state index in [0.29, 0.717) is 0 Å². The van der Waals surface area contributed by atoms with Crippen molar-refractivity contribution in [3.63, 3.8) is 0 Å². The molecule has 0 unspecified atom stereocenters. The van der Waals surface area contributed by atoms with Crippen LogP contribution in [0.5, 0.6) is 0 Å². The first-order chi connectivity index (χ1) is 10.7. The van der Waals surface area contributed by atoms with Crippen LogP contribution in [-0.2, 0) is 12.8 Å². The molecule has 3 nitrogen and oxygen atoms in total. The summed E-state index contributed by atoms with van der Waals surface area (Å²) in [6, 6.07) is 5.90. The molecule has 1 aliphatic carbocycles. The zero-order valence-corrected chi connectivity index (χ0v) is 13.9. The van der Waals surface area contributed by atoms with Crippen molar-refractivity contribution < 1.29 is 0 Å². The van der Waals surface area contributed by atoms with Crippen molar-refractivity contribution in [2.75, 3.05) is 5.32 Å². The van der Waals surface area contributed by atoms with Gasteiger partial charge in [-0.2, -0.15) is 0 Å². The van der Waals surface area contributed by atoms with Gasteiger partial charge in [0.15, 0.2) is 0 Å². The highest BCUT2D eigenvalue weighted by Crippen LogP contribution is 2.39. The Morgan fingerprint density at radius 1 is 1.18 bits per heavy atom. The smallest absolute Gasteiger partial charge is 0.142 e. The summed E-state index contributed by atoms with van der Waals surface area (Å²) in [5.41, 5.74) is 3.48. The molecule has 0 saturated heterocycles. The summed E-state index contributed by atoms with van der Waals surface area (Å²) in [5.74, 6) is 0.898. The second kappa shape index (κ2) is 5.52. The number of aryl methyl sites for hydroxylation is 2. The van der Waals surface area contributed by atoms with Gasteiger partial charge in [0.05, 0.1) is 5.39 Å². The molecule has 0 saturated carbocycles. The normalized spacial score (nSPS) is 14.1. The number of fused-ring (bicyclic) bond motifs is 3. The lowest BCUT2D eigenvalue weighted by Crippen LogP contribution is -2.01. The largest absolute Gasteiger partial charge is 0.339 e. The third kappa shape index (κ3) is 2.27. The molecule has 22 heavy (non-hydrogen) atoms. The Morgan fingerprint density at radius 2 is 2.05 bits per heavy atom. The Morgan fingerprint density at radius 3 is 2.95 bits per heavy atom. The maximum Gasteiger partial charge on any atom is 0.142 e. The van der Waals surface area contributed by atoms with Gasteiger partial charge in [0.25, 0.3) is 0 Å². The van der Waals surface area contributed by atoms with Crippen molar-refractivity contribution >= 4 is 44.7 Å². The molecule has 2 heterocycles. The number of aromatic nitrogens is 2. The van der Waals surface area contributed by atoms with E-state index in [1.54, 1.807) is 6.33 Å². The lowest BCUT2D eigenvalue weighted by atomic mass is 9.97. The lowest BCUT2D eigenvalue weighted by molar-refractivity contribution is 0.700. The van der Waals surface area contributed by atoms with E-state index in [1.807, 2.05) is 36.5 Å². The van der Waals surface area contributed by atoms with Gasteiger partial charge in [0.2, 0.25) is 0 Å². The molecule has 0 aliphatic heterocycles. The van der Waals surface area contributed by atoms with Gasteiger partial charge in [-0.05, 0) is 55.9 Å². The van der Waals surface area contributed by atoms with Crippen molar-refractivity contribution in [1.29, 1.82) is 0 Å². The van der Waals surface area contributed by atoms with Gasteiger partial charge in [-0.3, -0.25) is 0 Å². The van der Waals surface area contributed by atoms with Gasteiger partial charge >= 0.3 is 0 Å². The minimum absolute atomic E-state index is 0.766. The standard InChI is InChI=1S/C17H16ClN3S/c1-10-12(18)6-4-7-13(10)21-16-15-11-5-2-3-8-14(11)22-17(15)20-9-19-16/h4,6-7,9H,2-3,5,8H2,1H3,(H,19,20,21). The number of hydrogen-bond donors (Lipinski definition) is 1. The zero-order valence-electron chi connectivity index (χ0n) is 12.3. The van der Waals surface area contributed by atoms with E-state index in [-0.39, 0.29) is 0 Å². The number of nitrogens with one attached hydrogen (secondary N) is 1. The molecule has 2 aromatic heterocycles. The first kappa shape index (κ1) is 14.0. The molecule has 4 rings (SSSR count). The minimum atomic E-state index is 0.766. The Balaban J connectivity index is 1.85. The van der Waals surface area contributed by atoms with Gasteiger partial charge in [-0.25, -0.2) is 9.97 Å². The molecular weight excluding hydrogens is 314 g/mol. The fourth-order valence-corrected chi connectivity index (χ4v) is 4.46. The van der Waals surface area contributed by atoms with E-state index < -0.39 is 0 Å². The highest BCUT2D eigenvalue weighted by Gasteiger charge is 2.20. The Bertz CT molecular complexity index is 856. The SMILES string of the molecule is Cc1c(Cl)cccc1Nc1ncnc2sc3c(c12)CCCC3. The minimum Gasteiger partial charge on any atom is -0.339 e. The Kier molecular flexibility index (Phi) is 3.51. The van der Waals surface area contributed by atoms with Crippen molar-refractivity contribution in [2.45, 2.75) is 32.6 Å². The molecule has 1 N–H and O–H groups in total. The van der Waals surface area contributed by atoms with E-state index in [2.05, 4.69) is 15.3 Å². The number of halogens is 1. The third-order valence-electron chi connectivity index (χ3n) is 4.27. The maximum atomic E-state index is 6.22. The van der Waals surface area contributed by atoms with Crippen LogP contribution >= 0.6 is 22.9 Å². The topological polar surface area (TPSA) is 37.8 Å². The second-order valence-electron chi connectivity index (χ2n) is 5.65. The van der Waals surface area contributed by atoms with Crippen LogP contribution in [0.2, 0.25) is 5.02 Å². The van der Waals surface area contributed by atoms with Gasteiger partial charge < -0.3 is 5.32 Å². The number of benzene rings is 1. The third-order valence-corrected chi connectivity index (χ3v) is 5.88. The van der Waals surface area contributed by atoms with E-state index in [9.17, 15) is 0 Å². The lowest BCUT2D eigenvalue weighted by Gasteiger charge is -2.13. The van der Waals surface area contributed by atoms with Crippen LogP contribution in [0.25, 0.3) is 10.2 Å². The van der Waals surface area contributed by atoms with Crippen LogP contribution in [0.15, 0.2) is 24.5 Å². The fraction of sp³-hybridized carbons (Fsp3) is 0.294. The van der Waals surface area contributed by atoms with E-state index in [1.165, 1.54) is 35.1 Å². The molecule has 0 fully saturated rings. The van der Waals surface area contributed by atoms with Crippen LogP contribution in [0.1, 0.15) is 28.8 Å². The van der Waals surface area contributed by atoms with Crippen LogP contribution in [0, 0.1) is 6.92 Å². The van der Waals surface area contributed by atoms with Crippen LogP contribution in [0.3, 0.4) is 0 Å². The maximum absolute atomic E-state index is 6.22. The molecule has 1 aliphatic rings. The average Bonchev–Trinajstić information content (AvgIpc) is 2.91. The van der Waals surface area contributed by atoms with E-state index in [0.717, 1.165) is 33.3 Å². The average molecular weight is 330 g/mol. The second-order valence-corrected chi connectivity index (χ2v) is 7.14. The summed E-state index contributed by atoms with van der Waals surface area (Å²) < 4.78 is 0. The summed E-state index contributed by atoms with van der Waals surface area (Å²) in [6.45, 7) is 2.02. The number of rotatable bonds is 2. The number of thiophene rings is 1. The molecule has 0 atom stereocenters. The first-order valence-corrected chi connectivity index (χ1v) is 8.71. The quantitative estimate of drug-likeness (QED) is 0.695. The Hall–Kier alpha value is -1.65. The van der Waals surface area contributed by atoms with Gasteiger partial charge in [0.1, 0.15) is 17.0 Å². The van der Waals surface area contributed by atoms with Crippen molar-refractivity contribution in [1.82, 2.24) is 9.97 Å². The number of hydrogen-bond acceptors (Lipinski definition) is 4. The summed E-state index contributed by atoms with van der Waals surface area (Å²) in [5, 5.41) is 5.43. The molecule has 3 aromatic rings.